The third kappa shape index (κ3) is 9.25. The molecule has 1 aromatic rings. The number of rotatable bonds is 14. The van der Waals surface area contributed by atoms with Crippen LogP contribution in [0.1, 0.15) is 45.2 Å². The van der Waals surface area contributed by atoms with Crippen LogP contribution in [0.4, 0.5) is 0 Å². The van der Waals surface area contributed by atoms with Crippen LogP contribution >= 0.6 is 16.9 Å². The Kier molecular flexibility index (Phi) is 13.0. The third-order valence-electron chi connectivity index (χ3n) is 4.02. The zero-order valence-electron chi connectivity index (χ0n) is 17.9. The summed E-state index contributed by atoms with van der Waals surface area (Å²) in [6.07, 6.45) is 2.17. The lowest BCUT2D eigenvalue weighted by Crippen LogP contribution is -2.33. The molecule has 0 heterocycles. The van der Waals surface area contributed by atoms with E-state index in [0.717, 1.165) is 18.1 Å². The smallest absolute Gasteiger partial charge is 0.259 e. The van der Waals surface area contributed by atoms with E-state index in [1.54, 1.807) is 14.2 Å². The van der Waals surface area contributed by atoms with Crippen molar-refractivity contribution in [2.75, 3.05) is 27.0 Å². The lowest BCUT2D eigenvalue weighted by Gasteiger charge is -2.35. The van der Waals surface area contributed by atoms with Gasteiger partial charge in [0.05, 0.1) is 25.7 Å². The van der Waals surface area contributed by atoms with E-state index < -0.39 is 16.9 Å². The van der Waals surface area contributed by atoms with Crippen molar-refractivity contribution in [3.05, 3.63) is 35.4 Å². The maximum Gasteiger partial charge on any atom is 0.259 e. The molecule has 1 atom stereocenters. The molecule has 0 spiro atoms. The Balaban J connectivity index is 2.66. The summed E-state index contributed by atoms with van der Waals surface area (Å²) in [5.74, 6) is 0. The molecule has 0 aliphatic rings. The molecule has 0 saturated carbocycles. The van der Waals surface area contributed by atoms with Gasteiger partial charge in [-0.05, 0) is 45.2 Å². The molecule has 1 rings (SSSR count). The van der Waals surface area contributed by atoms with Gasteiger partial charge in [0.1, 0.15) is 0 Å². The Labute approximate surface area is 173 Å². The average molecular weight is 428 g/mol. The number of hydrogen-bond acceptors (Lipinski definition) is 6. The van der Waals surface area contributed by atoms with E-state index in [9.17, 15) is 0 Å². The van der Waals surface area contributed by atoms with Crippen LogP contribution in [0.5, 0.6) is 0 Å². The summed E-state index contributed by atoms with van der Waals surface area (Å²) in [7, 11) is 1.36. The highest BCUT2D eigenvalue weighted by Gasteiger charge is 2.27. The Bertz CT molecular complexity index is 567. The maximum absolute atomic E-state index is 8.79. The summed E-state index contributed by atoms with van der Waals surface area (Å²) < 4.78 is 24.9. The number of hydrogen-bond donors (Lipinski definition) is 0. The van der Waals surface area contributed by atoms with E-state index in [0.29, 0.717) is 31.7 Å². The molecular weight excluding hydrogens is 394 g/mol. The Hall–Kier alpha value is -0.630. The van der Waals surface area contributed by atoms with Gasteiger partial charge in [-0.2, -0.15) is 5.26 Å². The van der Waals surface area contributed by atoms with Gasteiger partial charge in [0.2, 0.25) is 0 Å². The molecule has 0 bridgehead atoms. The molecule has 6 nitrogen and oxygen atoms in total. The van der Waals surface area contributed by atoms with Crippen molar-refractivity contribution >= 4 is 16.9 Å². The lowest BCUT2D eigenvalue weighted by molar-refractivity contribution is 0.171. The van der Waals surface area contributed by atoms with Crippen molar-refractivity contribution in [3.8, 4) is 6.07 Å². The first-order chi connectivity index (χ1) is 13.4. The molecule has 0 amide bonds. The zero-order chi connectivity index (χ0) is 20.9. The van der Waals surface area contributed by atoms with Crippen molar-refractivity contribution in [3.63, 3.8) is 0 Å². The molecule has 0 radical (unpaired) electrons. The summed E-state index contributed by atoms with van der Waals surface area (Å²) in [6.45, 7) is 9.41. The first-order valence-electron chi connectivity index (χ1n) is 9.57. The van der Waals surface area contributed by atoms with E-state index in [-0.39, 0.29) is 0 Å². The van der Waals surface area contributed by atoms with Gasteiger partial charge in [0.25, 0.3) is 8.53 Å². The van der Waals surface area contributed by atoms with Crippen LogP contribution in [0, 0.1) is 11.3 Å². The van der Waals surface area contributed by atoms with Gasteiger partial charge in [0, 0.05) is 32.5 Å². The normalized spacial score (nSPS) is 12.9. The average Bonchev–Trinajstić information content (AvgIpc) is 2.67. The second-order valence-corrected chi connectivity index (χ2v) is 10.1. The molecule has 1 unspecified atom stereocenters. The van der Waals surface area contributed by atoms with Crippen LogP contribution in [-0.4, -0.2) is 43.7 Å². The Morgan fingerprint density at radius 3 is 2.04 bits per heavy atom. The highest BCUT2D eigenvalue weighted by Crippen LogP contribution is 2.46. The van der Waals surface area contributed by atoms with Crippen LogP contribution in [0.15, 0.2) is 24.3 Å². The summed E-state index contributed by atoms with van der Waals surface area (Å²) in [5.41, 5.74) is 2.36. The molecule has 0 N–H and O–H groups in total. The number of benzene rings is 1. The lowest BCUT2D eigenvalue weighted by atomic mass is 10.1. The third-order valence-corrected chi connectivity index (χ3v) is 7.47. The molecule has 0 aromatic heterocycles. The number of nitriles is 1. The van der Waals surface area contributed by atoms with Gasteiger partial charge < -0.3 is 18.1 Å². The largest absolute Gasteiger partial charge is 0.337 e. The van der Waals surface area contributed by atoms with Crippen LogP contribution in [0.2, 0.25) is 0 Å². The quantitative estimate of drug-likeness (QED) is 0.283. The first-order valence-corrected chi connectivity index (χ1v) is 12.1. The van der Waals surface area contributed by atoms with E-state index in [1.807, 2.05) is 0 Å². The van der Waals surface area contributed by atoms with Crippen molar-refractivity contribution in [2.24, 2.45) is 0 Å². The molecular formula is C20H34N2O4P2. The van der Waals surface area contributed by atoms with E-state index >= 15 is 0 Å². The van der Waals surface area contributed by atoms with Gasteiger partial charge >= 0.3 is 0 Å². The molecule has 0 saturated heterocycles. The second kappa shape index (κ2) is 14.4. The van der Waals surface area contributed by atoms with Crippen molar-refractivity contribution < 1.29 is 18.1 Å². The van der Waals surface area contributed by atoms with Crippen LogP contribution in [-0.2, 0) is 31.1 Å². The minimum absolute atomic E-state index is 0.298. The zero-order valence-corrected chi connectivity index (χ0v) is 19.7. The highest BCUT2D eigenvalue weighted by molar-refractivity contribution is 7.47. The monoisotopic (exact) mass is 428 g/mol. The summed E-state index contributed by atoms with van der Waals surface area (Å²) in [6, 6.07) is 11.2. The molecule has 0 aliphatic heterocycles. The predicted octanol–water partition coefficient (Wildman–Crippen LogP) is 5.63. The second-order valence-electron chi connectivity index (χ2n) is 6.81. The predicted molar refractivity (Wildman–Crippen MR) is 116 cm³/mol. The topological polar surface area (TPSA) is 64.0 Å². The van der Waals surface area contributed by atoms with Gasteiger partial charge in [-0.15, -0.1) is 0 Å². The molecule has 0 aliphatic carbocycles. The van der Waals surface area contributed by atoms with Crippen molar-refractivity contribution in [1.82, 2.24) is 4.67 Å². The Morgan fingerprint density at radius 2 is 1.54 bits per heavy atom. The first kappa shape index (κ1) is 25.4. The molecule has 0 fully saturated rings. The van der Waals surface area contributed by atoms with Gasteiger partial charge in [0.15, 0.2) is 8.38 Å². The fourth-order valence-electron chi connectivity index (χ4n) is 2.72. The van der Waals surface area contributed by atoms with E-state index in [1.165, 1.54) is 5.56 Å². The summed E-state index contributed by atoms with van der Waals surface area (Å²) >= 11 is 0. The minimum atomic E-state index is -1.21. The molecule has 1 aromatic carbocycles. The van der Waals surface area contributed by atoms with E-state index in [4.69, 9.17) is 23.4 Å². The molecule has 28 heavy (non-hydrogen) atoms. The standard InChI is InChI=1S/C20H34N2O4P2/c1-17(2)22(18(3)4)28(25-14-7-13-21)26-16-20-10-8-19(9-11-20)12-15-27(23-5)24-6/h8-11,17-18H,7,12,14-16H2,1-6H3. The number of nitrogens with zero attached hydrogens (tertiary/aromatic N) is 2. The fraction of sp³-hybridized carbons (Fsp3) is 0.650. The van der Waals surface area contributed by atoms with Gasteiger partial charge in [-0.25, -0.2) is 4.67 Å². The SMILES string of the molecule is COP(CCc1ccc(COP(OCCC#N)N(C(C)C)C(C)C)cc1)OC. The number of aryl methyl sites for hydroxylation is 1. The van der Waals surface area contributed by atoms with Gasteiger partial charge in [-0.1, -0.05) is 24.3 Å². The summed E-state index contributed by atoms with van der Waals surface area (Å²) in [4.78, 5) is 0. The van der Waals surface area contributed by atoms with Crippen LogP contribution in [0.25, 0.3) is 0 Å². The van der Waals surface area contributed by atoms with Gasteiger partial charge in [-0.3, -0.25) is 0 Å². The summed E-state index contributed by atoms with van der Waals surface area (Å²) in [5, 5.41) is 8.79. The van der Waals surface area contributed by atoms with Crippen LogP contribution in [0.3, 0.4) is 0 Å². The molecule has 8 heteroatoms. The maximum atomic E-state index is 8.79. The Morgan fingerprint density at radius 1 is 0.964 bits per heavy atom. The van der Waals surface area contributed by atoms with Crippen molar-refractivity contribution in [2.45, 2.75) is 59.2 Å². The fourth-order valence-corrected chi connectivity index (χ4v) is 5.28. The highest BCUT2D eigenvalue weighted by atomic mass is 31.2. The van der Waals surface area contributed by atoms with E-state index in [2.05, 4.69) is 62.7 Å². The minimum Gasteiger partial charge on any atom is -0.337 e. The molecule has 158 valence electrons. The van der Waals surface area contributed by atoms with Crippen molar-refractivity contribution in [1.29, 1.82) is 5.26 Å². The van der Waals surface area contributed by atoms with Crippen LogP contribution < -0.4 is 0 Å².